The summed E-state index contributed by atoms with van der Waals surface area (Å²) in [6.45, 7) is 15.7. The molecule has 10 N–H and O–H groups in total. The molecular weight excluding hydrogens is 728 g/mol. The van der Waals surface area contributed by atoms with Crippen molar-refractivity contribution in [2.45, 2.75) is 204 Å². The molecule has 0 aromatic heterocycles. The lowest BCUT2D eigenvalue weighted by Crippen LogP contribution is -2.68. The zero-order chi connectivity index (χ0) is 41.6. The highest BCUT2D eigenvalue weighted by Crippen LogP contribution is 2.76. The maximum absolute atomic E-state index is 12.2. The standard InChI is InChI=1S/C42H74O14/c1-37(2,51)13-9-14-42(8,52)21-10-16-41(7)28(21)22(45)18-26-39(5)15-12-27(38(3,4)25(39)11-17-40(26,41)6)55-36-34(32(49)30(47)24(20-44)54-36)56-35-33(50)31(48)29(46)23(19-43)53-35/h21-36,43-52H,9-20H2,1-8H3/t21-,22+,23+,24+,25-,26+,27?,28-,29+,30+,31-,32-,33+,34+,35-,36-,39-,40+,41+,42-/m0/s1. The summed E-state index contributed by atoms with van der Waals surface area (Å²) in [5.74, 6) is 0.282. The van der Waals surface area contributed by atoms with Gasteiger partial charge in [0, 0.05) is 0 Å². The van der Waals surface area contributed by atoms with Crippen LogP contribution >= 0.6 is 0 Å². The molecule has 56 heavy (non-hydrogen) atoms. The third-order valence-electron chi connectivity index (χ3n) is 16.9. The van der Waals surface area contributed by atoms with E-state index in [1.807, 2.05) is 6.92 Å². The van der Waals surface area contributed by atoms with E-state index in [2.05, 4.69) is 34.6 Å². The number of hydrogen-bond acceptors (Lipinski definition) is 14. The Labute approximate surface area is 332 Å². The van der Waals surface area contributed by atoms with Crippen LogP contribution in [0.1, 0.15) is 120 Å². The number of ether oxygens (including phenoxy) is 4. The smallest absolute Gasteiger partial charge is 0.187 e. The van der Waals surface area contributed by atoms with E-state index in [1.165, 1.54) is 0 Å². The minimum Gasteiger partial charge on any atom is -0.394 e. The number of aliphatic hydroxyl groups is 10. The molecule has 0 aromatic carbocycles. The summed E-state index contributed by atoms with van der Waals surface area (Å²) >= 11 is 0. The lowest BCUT2D eigenvalue weighted by molar-refractivity contribution is -0.378. The maximum atomic E-state index is 12.2. The molecule has 4 saturated carbocycles. The van der Waals surface area contributed by atoms with Crippen molar-refractivity contribution in [3.05, 3.63) is 0 Å². The largest absolute Gasteiger partial charge is 0.394 e. The van der Waals surface area contributed by atoms with Crippen molar-refractivity contribution in [3.63, 3.8) is 0 Å². The van der Waals surface area contributed by atoms with Crippen LogP contribution < -0.4 is 0 Å². The third-order valence-corrected chi connectivity index (χ3v) is 16.9. The molecule has 6 aliphatic rings. The van der Waals surface area contributed by atoms with Crippen molar-refractivity contribution in [2.24, 2.45) is 45.3 Å². The molecule has 6 rings (SSSR count). The summed E-state index contributed by atoms with van der Waals surface area (Å²) in [7, 11) is 0. The van der Waals surface area contributed by atoms with E-state index in [4.69, 9.17) is 18.9 Å². The molecule has 14 heteroatoms. The maximum Gasteiger partial charge on any atom is 0.187 e. The van der Waals surface area contributed by atoms with Crippen LogP contribution in [0.15, 0.2) is 0 Å². The van der Waals surface area contributed by atoms with E-state index >= 15 is 0 Å². The van der Waals surface area contributed by atoms with Crippen molar-refractivity contribution in [1.29, 1.82) is 0 Å². The van der Waals surface area contributed by atoms with Crippen LogP contribution in [0.2, 0.25) is 0 Å². The fourth-order valence-corrected chi connectivity index (χ4v) is 13.5. The topological polar surface area (TPSA) is 239 Å². The predicted molar refractivity (Wildman–Crippen MR) is 202 cm³/mol. The summed E-state index contributed by atoms with van der Waals surface area (Å²) in [5, 5.41) is 108. The van der Waals surface area contributed by atoms with Gasteiger partial charge in [0.2, 0.25) is 0 Å². The van der Waals surface area contributed by atoms with Crippen LogP contribution in [0.3, 0.4) is 0 Å². The number of hydrogen-bond donors (Lipinski definition) is 10. The van der Waals surface area contributed by atoms with Gasteiger partial charge in [-0.15, -0.1) is 0 Å². The molecule has 2 heterocycles. The second-order valence-corrected chi connectivity index (χ2v) is 21.0. The van der Waals surface area contributed by atoms with Crippen molar-refractivity contribution in [2.75, 3.05) is 13.2 Å². The first-order valence-corrected chi connectivity index (χ1v) is 21.2. The number of aliphatic hydroxyl groups excluding tert-OH is 8. The monoisotopic (exact) mass is 803 g/mol. The van der Waals surface area contributed by atoms with Crippen molar-refractivity contribution >= 4 is 0 Å². The van der Waals surface area contributed by atoms with Gasteiger partial charge in [0.05, 0.1) is 36.6 Å². The first-order valence-electron chi connectivity index (χ1n) is 21.2. The highest BCUT2D eigenvalue weighted by molar-refractivity contribution is 5.20. The zero-order valence-electron chi connectivity index (χ0n) is 34.8. The van der Waals surface area contributed by atoms with Gasteiger partial charge < -0.3 is 70.0 Å². The fourth-order valence-electron chi connectivity index (χ4n) is 13.5. The molecule has 0 bridgehead atoms. The Morgan fingerprint density at radius 3 is 1.84 bits per heavy atom. The molecule has 326 valence electrons. The molecular formula is C42H74O14. The number of fused-ring (bicyclic) bond motifs is 5. The highest BCUT2D eigenvalue weighted by Gasteiger charge is 2.71. The Hall–Kier alpha value is -0.560. The molecule has 6 fully saturated rings. The van der Waals surface area contributed by atoms with Gasteiger partial charge in [0.15, 0.2) is 12.6 Å². The van der Waals surface area contributed by atoms with Crippen LogP contribution in [0.4, 0.5) is 0 Å². The molecule has 0 spiro atoms. The molecule has 2 saturated heterocycles. The average molecular weight is 803 g/mol. The molecule has 1 unspecified atom stereocenters. The summed E-state index contributed by atoms with van der Waals surface area (Å²) in [6, 6.07) is 0. The van der Waals surface area contributed by atoms with E-state index in [-0.39, 0.29) is 39.9 Å². The molecule has 0 aromatic rings. The Bertz CT molecular complexity index is 1350. The molecule has 2 aliphatic heterocycles. The Kier molecular flexibility index (Phi) is 12.6. The average Bonchev–Trinajstić information content (AvgIpc) is 3.50. The molecule has 14 nitrogen and oxygen atoms in total. The first kappa shape index (κ1) is 45.0. The normalized spacial score (nSPS) is 51.8. The van der Waals surface area contributed by atoms with Gasteiger partial charge in [-0.3, -0.25) is 0 Å². The van der Waals surface area contributed by atoms with Crippen molar-refractivity contribution in [1.82, 2.24) is 0 Å². The van der Waals surface area contributed by atoms with E-state index in [0.29, 0.717) is 32.1 Å². The first-order chi connectivity index (χ1) is 25.9. The van der Waals surface area contributed by atoms with E-state index in [9.17, 15) is 51.1 Å². The quantitative estimate of drug-likeness (QED) is 0.133. The van der Waals surface area contributed by atoms with Crippen LogP contribution in [-0.2, 0) is 18.9 Å². The minimum absolute atomic E-state index is 0.0425. The molecule has 20 atom stereocenters. The van der Waals surface area contributed by atoms with Gasteiger partial charge >= 0.3 is 0 Å². The van der Waals surface area contributed by atoms with Crippen LogP contribution in [-0.4, -0.2) is 149 Å². The van der Waals surface area contributed by atoms with Gasteiger partial charge in [-0.2, -0.15) is 0 Å². The Balaban J connectivity index is 1.22. The SMILES string of the molecule is CC(C)(O)CCC[C@](C)(O)[C@H]1CC[C@]2(C)[C@@H]1[C@H](O)C[C@@H]1[C@@]3(C)CCC(O[C@@H]4O[C@H](CO)[C@@H](O)[C@H](O)[C@H]4O[C@@H]4O[C@H](CO)[C@@H](O)[C@H](O)[C@H]4O)C(C)(C)[C@@H]3CC[C@]12C. The fraction of sp³-hybridized carbons (Fsp3) is 1.00. The Morgan fingerprint density at radius 1 is 0.643 bits per heavy atom. The second kappa shape index (κ2) is 15.7. The van der Waals surface area contributed by atoms with Gasteiger partial charge in [0.25, 0.3) is 0 Å². The predicted octanol–water partition coefficient (Wildman–Crippen LogP) is 1.34. The third kappa shape index (κ3) is 7.45. The zero-order valence-corrected chi connectivity index (χ0v) is 34.8. The molecule has 4 aliphatic carbocycles. The number of rotatable bonds is 11. The lowest BCUT2D eigenvalue weighted by Gasteiger charge is -2.70. The Morgan fingerprint density at radius 2 is 1.23 bits per heavy atom. The second-order valence-electron chi connectivity index (χ2n) is 21.0. The minimum atomic E-state index is -1.76. The van der Waals surface area contributed by atoms with Crippen molar-refractivity contribution < 1.29 is 70.0 Å². The van der Waals surface area contributed by atoms with E-state index in [0.717, 1.165) is 32.1 Å². The summed E-state index contributed by atoms with van der Waals surface area (Å²) in [4.78, 5) is 0. The molecule has 0 radical (unpaired) electrons. The van der Waals surface area contributed by atoms with Gasteiger partial charge in [-0.05, 0) is 130 Å². The van der Waals surface area contributed by atoms with Crippen LogP contribution in [0, 0.1) is 45.3 Å². The summed E-state index contributed by atoms with van der Waals surface area (Å²) < 4.78 is 24.3. The van der Waals surface area contributed by atoms with Gasteiger partial charge in [0.1, 0.15) is 48.8 Å². The van der Waals surface area contributed by atoms with E-state index < -0.39 is 103 Å². The molecule has 0 amide bonds. The summed E-state index contributed by atoms with van der Waals surface area (Å²) in [6.07, 6.45) is -8.63. The van der Waals surface area contributed by atoms with Crippen LogP contribution in [0.25, 0.3) is 0 Å². The lowest BCUT2D eigenvalue weighted by atomic mass is 9.35. The van der Waals surface area contributed by atoms with E-state index in [1.54, 1.807) is 13.8 Å². The van der Waals surface area contributed by atoms with Crippen molar-refractivity contribution in [3.8, 4) is 0 Å². The van der Waals surface area contributed by atoms with Gasteiger partial charge in [-0.25, -0.2) is 0 Å². The summed E-state index contributed by atoms with van der Waals surface area (Å²) in [5.41, 5.74) is -2.65. The highest BCUT2D eigenvalue weighted by atomic mass is 16.8. The van der Waals surface area contributed by atoms with Gasteiger partial charge in [-0.1, -0.05) is 34.6 Å². The van der Waals surface area contributed by atoms with Crippen LogP contribution in [0.5, 0.6) is 0 Å².